The van der Waals surface area contributed by atoms with Gasteiger partial charge in [-0.1, -0.05) is 42.8 Å². The highest BCUT2D eigenvalue weighted by atomic mass is 35.5. The van der Waals surface area contributed by atoms with Gasteiger partial charge >= 0.3 is 0 Å². The molecule has 1 amide bonds. The molecule has 2 N–H and O–H groups in total. The van der Waals surface area contributed by atoms with Gasteiger partial charge in [0.2, 0.25) is 0 Å². The highest BCUT2D eigenvalue weighted by Crippen LogP contribution is 2.36. The van der Waals surface area contributed by atoms with E-state index in [0.717, 1.165) is 24.9 Å². The van der Waals surface area contributed by atoms with Crippen molar-refractivity contribution in [3.8, 4) is 0 Å². The molecule has 2 aromatic carbocycles. The van der Waals surface area contributed by atoms with E-state index in [9.17, 15) is 4.79 Å². The van der Waals surface area contributed by atoms with E-state index < -0.39 is 0 Å². The van der Waals surface area contributed by atoms with E-state index in [1.54, 1.807) is 24.3 Å². The Labute approximate surface area is 168 Å². The van der Waals surface area contributed by atoms with Crippen molar-refractivity contribution in [2.45, 2.75) is 25.8 Å². The lowest BCUT2D eigenvalue weighted by molar-refractivity contribution is 0.0970. The van der Waals surface area contributed by atoms with Crippen LogP contribution in [0.2, 0.25) is 5.02 Å². The monoisotopic (exact) mass is 397 g/mol. The molecule has 0 radical (unpaired) electrons. The third-order valence-corrected chi connectivity index (χ3v) is 5.69. The number of para-hydroxylation sites is 1. The number of benzene rings is 2. The van der Waals surface area contributed by atoms with Crippen LogP contribution in [-0.4, -0.2) is 27.4 Å². The predicted molar refractivity (Wildman–Crippen MR) is 113 cm³/mol. The molecule has 1 atom stereocenters. The predicted octanol–water partition coefficient (Wildman–Crippen LogP) is 4.85. The van der Waals surface area contributed by atoms with Gasteiger partial charge in [-0.2, -0.15) is 0 Å². The molecule has 1 aliphatic heterocycles. The number of fused-ring (bicyclic) bond motifs is 3. The highest BCUT2D eigenvalue weighted by Gasteiger charge is 2.31. The first-order valence-electron chi connectivity index (χ1n) is 9.05. The number of carbonyl (C=O) groups is 1. The van der Waals surface area contributed by atoms with E-state index in [2.05, 4.69) is 40.3 Å². The molecule has 0 saturated carbocycles. The quantitative estimate of drug-likeness (QED) is 0.608. The Morgan fingerprint density at radius 2 is 2.11 bits per heavy atom. The third-order valence-electron chi connectivity index (χ3n) is 5.11. The number of rotatable bonds is 2. The number of hydrogen-bond donors (Lipinski definition) is 2. The number of hydrogen-bond acceptors (Lipinski definition) is 2. The molecule has 3 aromatic rings. The Kier molecular flexibility index (Phi) is 4.89. The maximum atomic E-state index is 12.5. The molecule has 1 aliphatic rings. The van der Waals surface area contributed by atoms with E-state index in [1.807, 2.05) is 6.07 Å². The molecule has 2 heterocycles. The van der Waals surface area contributed by atoms with Crippen LogP contribution >= 0.6 is 23.8 Å². The van der Waals surface area contributed by atoms with Crippen LogP contribution < -0.4 is 5.32 Å². The van der Waals surface area contributed by atoms with Gasteiger partial charge in [0.15, 0.2) is 5.11 Å². The van der Waals surface area contributed by atoms with Crippen molar-refractivity contribution in [2.24, 2.45) is 0 Å². The van der Waals surface area contributed by atoms with Gasteiger partial charge in [-0.25, -0.2) is 0 Å². The molecule has 0 bridgehead atoms. The minimum Gasteiger partial charge on any atom is -0.356 e. The van der Waals surface area contributed by atoms with Gasteiger partial charge < -0.3 is 9.88 Å². The first-order valence-corrected chi connectivity index (χ1v) is 9.84. The lowest BCUT2D eigenvalue weighted by atomic mass is 9.96. The zero-order valence-corrected chi connectivity index (χ0v) is 16.5. The molecule has 4 nitrogen and oxygen atoms in total. The average molecular weight is 398 g/mol. The first-order chi connectivity index (χ1) is 13.1. The Hall–Kier alpha value is -2.37. The second-order valence-corrected chi connectivity index (χ2v) is 7.52. The molecule has 138 valence electrons. The van der Waals surface area contributed by atoms with Gasteiger partial charge in [-0.15, -0.1) is 0 Å². The zero-order chi connectivity index (χ0) is 19.0. The van der Waals surface area contributed by atoms with E-state index >= 15 is 0 Å². The summed E-state index contributed by atoms with van der Waals surface area (Å²) < 4.78 is 0. The number of carbonyl (C=O) groups excluding carboxylic acids is 1. The van der Waals surface area contributed by atoms with Crippen molar-refractivity contribution >= 4 is 45.7 Å². The van der Waals surface area contributed by atoms with Crippen LogP contribution in [0.1, 0.15) is 41.0 Å². The minimum absolute atomic E-state index is 0.119. The molecule has 0 aliphatic carbocycles. The van der Waals surface area contributed by atoms with E-state index in [4.69, 9.17) is 23.8 Å². The molecular weight excluding hydrogens is 378 g/mol. The molecule has 0 saturated heterocycles. The van der Waals surface area contributed by atoms with Crippen LogP contribution in [0.4, 0.5) is 0 Å². The van der Waals surface area contributed by atoms with Crippen LogP contribution in [-0.2, 0) is 6.42 Å². The van der Waals surface area contributed by atoms with Gasteiger partial charge in [0.05, 0.1) is 6.04 Å². The summed E-state index contributed by atoms with van der Waals surface area (Å²) >= 11 is 11.6. The summed E-state index contributed by atoms with van der Waals surface area (Å²) in [5.41, 5.74) is 4.21. The highest BCUT2D eigenvalue weighted by molar-refractivity contribution is 7.80. The van der Waals surface area contributed by atoms with Crippen molar-refractivity contribution in [3.05, 3.63) is 70.4 Å². The topological polar surface area (TPSA) is 48.1 Å². The number of halogens is 1. The number of amides is 1. The molecule has 0 spiro atoms. The summed E-state index contributed by atoms with van der Waals surface area (Å²) in [6.07, 6.45) is 1.79. The maximum absolute atomic E-state index is 12.5. The fourth-order valence-corrected chi connectivity index (χ4v) is 4.36. The third kappa shape index (κ3) is 3.33. The molecule has 0 fully saturated rings. The molecule has 4 rings (SSSR count). The largest absolute Gasteiger partial charge is 0.356 e. The number of nitrogens with one attached hydrogen (secondary N) is 2. The van der Waals surface area contributed by atoms with E-state index in [0.29, 0.717) is 15.7 Å². The summed E-state index contributed by atoms with van der Waals surface area (Å²) in [4.78, 5) is 18.2. The first kappa shape index (κ1) is 18.0. The standard InChI is InChI=1S/C21H20ClN3OS/c1-2-18-19-16(15-8-3-4-9-17(15)23-19)10-11-25(18)21(27)24-20(26)13-6-5-7-14(22)12-13/h3-9,12,18,23H,2,10-11H2,1H3,(H,24,26,27). The Bertz CT molecular complexity index is 1030. The van der Waals surface area contributed by atoms with Crippen LogP contribution in [0.25, 0.3) is 10.9 Å². The van der Waals surface area contributed by atoms with Crippen molar-refractivity contribution in [1.82, 2.24) is 15.2 Å². The van der Waals surface area contributed by atoms with Gasteiger partial charge in [0.25, 0.3) is 5.91 Å². The van der Waals surface area contributed by atoms with Crippen LogP contribution in [0.3, 0.4) is 0 Å². The fraction of sp³-hybridized carbons (Fsp3) is 0.238. The summed E-state index contributed by atoms with van der Waals surface area (Å²) in [7, 11) is 0. The van der Waals surface area contributed by atoms with Crippen LogP contribution in [0.15, 0.2) is 48.5 Å². The van der Waals surface area contributed by atoms with Gasteiger partial charge in [-0.3, -0.25) is 10.1 Å². The Morgan fingerprint density at radius 1 is 1.30 bits per heavy atom. The summed E-state index contributed by atoms with van der Waals surface area (Å²) in [5.74, 6) is -0.236. The van der Waals surface area contributed by atoms with Crippen LogP contribution in [0, 0.1) is 0 Å². The molecule has 1 aromatic heterocycles. The Morgan fingerprint density at radius 3 is 2.89 bits per heavy atom. The van der Waals surface area contributed by atoms with Crippen molar-refractivity contribution < 1.29 is 4.79 Å². The van der Waals surface area contributed by atoms with Crippen molar-refractivity contribution in [3.63, 3.8) is 0 Å². The number of H-pyrrole nitrogens is 1. The smallest absolute Gasteiger partial charge is 0.257 e. The number of nitrogens with zero attached hydrogens (tertiary/aromatic N) is 1. The Balaban J connectivity index is 1.58. The number of aromatic amines is 1. The maximum Gasteiger partial charge on any atom is 0.257 e. The number of aromatic nitrogens is 1. The molecule has 27 heavy (non-hydrogen) atoms. The van der Waals surface area contributed by atoms with Gasteiger partial charge in [-0.05, 0) is 54.9 Å². The fourth-order valence-electron chi connectivity index (χ4n) is 3.86. The summed E-state index contributed by atoms with van der Waals surface area (Å²) in [6, 6.07) is 15.4. The van der Waals surface area contributed by atoms with Gasteiger partial charge in [0.1, 0.15) is 0 Å². The molecule has 6 heteroatoms. The van der Waals surface area contributed by atoms with E-state index in [1.165, 1.54) is 16.6 Å². The number of thiocarbonyl (C=S) groups is 1. The lowest BCUT2D eigenvalue weighted by Gasteiger charge is -2.37. The van der Waals surface area contributed by atoms with Crippen molar-refractivity contribution in [2.75, 3.05) is 6.54 Å². The molecule has 1 unspecified atom stereocenters. The van der Waals surface area contributed by atoms with E-state index in [-0.39, 0.29) is 11.9 Å². The normalized spacial score (nSPS) is 16.2. The summed E-state index contributed by atoms with van der Waals surface area (Å²) in [5, 5.41) is 5.13. The summed E-state index contributed by atoms with van der Waals surface area (Å²) in [6.45, 7) is 2.92. The zero-order valence-electron chi connectivity index (χ0n) is 15.0. The average Bonchev–Trinajstić information content (AvgIpc) is 3.05. The molecular formula is C21H20ClN3OS. The van der Waals surface area contributed by atoms with Crippen molar-refractivity contribution in [1.29, 1.82) is 0 Å². The van der Waals surface area contributed by atoms with Crippen LogP contribution in [0.5, 0.6) is 0 Å². The second-order valence-electron chi connectivity index (χ2n) is 6.70. The SMILES string of the molecule is CCC1c2[nH]c3ccccc3c2CCN1C(=S)NC(=O)c1cccc(Cl)c1. The van der Waals surface area contributed by atoms with Gasteiger partial charge in [0, 0.05) is 33.7 Å². The second kappa shape index (κ2) is 7.33. The minimum atomic E-state index is -0.236. The lowest BCUT2D eigenvalue weighted by Crippen LogP contribution is -2.47.